The van der Waals surface area contributed by atoms with E-state index in [-0.39, 0.29) is 5.54 Å². The van der Waals surface area contributed by atoms with Crippen molar-refractivity contribution in [2.75, 3.05) is 23.7 Å². The molecular weight excluding hydrogens is 416 g/mol. The van der Waals surface area contributed by atoms with Crippen LogP contribution in [0, 0.1) is 0 Å². The Bertz CT molecular complexity index is 1280. The van der Waals surface area contributed by atoms with Gasteiger partial charge < -0.3 is 16.0 Å². The molecule has 1 aliphatic heterocycles. The van der Waals surface area contributed by atoms with Crippen LogP contribution >= 0.6 is 0 Å². The quantitative estimate of drug-likeness (QED) is 0.413. The van der Waals surface area contributed by atoms with Crippen LogP contribution in [0.1, 0.15) is 38.6 Å². The van der Waals surface area contributed by atoms with Crippen LogP contribution in [-0.4, -0.2) is 53.3 Å². The maximum Gasteiger partial charge on any atom is 0.229 e. The van der Waals surface area contributed by atoms with E-state index in [1.165, 1.54) is 6.33 Å². The van der Waals surface area contributed by atoms with Gasteiger partial charge in [0.15, 0.2) is 5.82 Å². The number of hydrogen-bond acceptors (Lipinski definition) is 9. The van der Waals surface area contributed by atoms with E-state index in [0.717, 1.165) is 72.6 Å². The monoisotopic (exact) mass is 442 g/mol. The zero-order valence-corrected chi connectivity index (χ0v) is 18.5. The number of nitrogens with one attached hydrogen (secondary N) is 3. The highest BCUT2D eigenvalue weighted by Gasteiger charge is 2.38. The number of nitrogens with zero attached hydrogens (tertiary/aromatic N) is 7. The summed E-state index contributed by atoms with van der Waals surface area (Å²) in [4.78, 5) is 22.6. The summed E-state index contributed by atoms with van der Waals surface area (Å²) in [6.07, 6.45) is 13.3. The summed E-state index contributed by atoms with van der Waals surface area (Å²) in [5, 5.41) is 14.9. The van der Waals surface area contributed by atoms with Gasteiger partial charge in [-0.2, -0.15) is 10.1 Å². The van der Waals surface area contributed by atoms with Crippen LogP contribution in [0.3, 0.4) is 0 Å². The molecule has 0 radical (unpaired) electrons. The van der Waals surface area contributed by atoms with Crippen molar-refractivity contribution in [3.05, 3.63) is 43.2 Å². The highest BCUT2D eigenvalue weighted by atomic mass is 15.3. The molecule has 1 aliphatic carbocycles. The molecule has 4 aromatic heterocycles. The molecule has 10 heteroatoms. The minimum Gasteiger partial charge on any atom is -0.363 e. The Morgan fingerprint density at radius 3 is 2.64 bits per heavy atom. The Balaban J connectivity index is 1.33. The highest BCUT2D eigenvalue weighted by molar-refractivity contribution is 5.89. The van der Waals surface area contributed by atoms with Gasteiger partial charge in [0.1, 0.15) is 11.8 Å². The van der Waals surface area contributed by atoms with Gasteiger partial charge in [-0.3, -0.25) is 4.68 Å². The van der Waals surface area contributed by atoms with Crippen LogP contribution in [0.25, 0.3) is 22.3 Å². The molecule has 0 atom stereocenters. The van der Waals surface area contributed by atoms with E-state index in [4.69, 9.17) is 15.0 Å². The normalized spacial score (nSPS) is 17.7. The zero-order chi connectivity index (χ0) is 22.3. The average molecular weight is 443 g/mol. The summed E-state index contributed by atoms with van der Waals surface area (Å²) in [7, 11) is 0. The van der Waals surface area contributed by atoms with E-state index >= 15 is 0 Å². The van der Waals surface area contributed by atoms with Crippen molar-refractivity contribution in [2.45, 2.75) is 44.2 Å². The number of piperidine rings is 1. The molecule has 0 spiro atoms. The van der Waals surface area contributed by atoms with Crippen molar-refractivity contribution in [1.82, 2.24) is 40.0 Å². The number of pyridine rings is 1. The Hall–Kier alpha value is -3.66. The summed E-state index contributed by atoms with van der Waals surface area (Å²) in [6.45, 7) is 4.25. The molecule has 1 saturated carbocycles. The van der Waals surface area contributed by atoms with Crippen molar-refractivity contribution in [1.29, 1.82) is 0 Å². The summed E-state index contributed by atoms with van der Waals surface area (Å²) >= 11 is 0. The van der Waals surface area contributed by atoms with E-state index in [9.17, 15) is 0 Å². The lowest BCUT2D eigenvalue weighted by molar-refractivity contribution is 0.343. The smallest absolute Gasteiger partial charge is 0.229 e. The number of anilines is 3. The fourth-order valence-electron chi connectivity index (χ4n) is 4.15. The predicted molar refractivity (Wildman–Crippen MR) is 126 cm³/mol. The molecular formula is C23H26N10. The predicted octanol–water partition coefficient (Wildman–Crippen LogP) is 3.31. The third-order valence-corrected chi connectivity index (χ3v) is 6.36. The summed E-state index contributed by atoms with van der Waals surface area (Å²) in [5.74, 6) is 1.25. The molecule has 168 valence electrons. The zero-order valence-electron chi connectivity index (χ0n) is 18.5. The second kappa shape index (κ2) is 8.04. The Labute approximate surface area is 191 Å². The molecule has 0 aromatic carbocycles. The molecule has 4 aromatic rings. The second-order valence-corrected chi connectivity index (χ2v) is 9.09. The summed E-state index contributed by atoms with van der Waals surface area (Å²) in [5.41, 5.74) is 4.08. The van der Waals surface area contributed by atoms with Gasteiger partial charge in [-0.15, -0.1) is 0 Å². The lowest BCUT2D eigenvalue weighted by Crippen LogP contribution is -2.29. The molecule has 10 nitrogen and oxygen atoms in total. The third-order valence-electron chi connectivity index (χ3n) is 6.36. The summed E-state index contributed by atoms with van der Waals surface area (Å²) < 4.78 is 2.05. The van der Waals surface area contributed by atoms with Gasteiger partial charge >= 0.3 is 0 Å². The van der Waals surface area contributed by atoms with Crippen LogP contribution in [0.15, 0.2) is 43.2 Å². The van der Waals surface area contributed by atoms with Gasteiger partial charge in [0, 0.05) is 29.7 Å². The molecule has 0 amide bonds. The highest BCUT2D eigenvalue weighted by Crippen LogP contribution is 2.39. The fraction of sp³-hybridized carbons (Fsp3) is 0.391. The number of rotatable bonds is 6. The molecule has 2 fully saturated rings. The standard InChI is InChI=1S/C23H26N10/c1-23(6-7-23)32-21-20-19(3-2-18(29-20)15-10-25-14-26-11-15)30-22(31-21)28-16-12-27-33(13-16)17-4-8-24-9-5-17/h2-3,10-14,17,24H,4-9H2,1H3,(H2,28,30,31,32). The Morgan fingerprint density at radius 1 is 1.03 bits per heavy atom. The first-order valence-corrected chi connectivity index (χ1v) is 11.4. The lowest BCUT2D eigenvalue weighted by atomic mass is 10.1. The minimum absolute atomic E-state index is 0.0476. The van der Waals surface area contributed by atoms with E-state index in [0.29, 0.717) is 12.0 Å². The van der Waals surface area contributed by atoms with Gasteiger partial charge in [0.2, 0.25) is 5.95 Å². The maximum absolute atomic E-state index is 4.85. The number of hydrogen-bond donors (Lipinski definition) is 3. The van der Waals surface area contributed by atoms with Crippen molar-refractivity contribution in [3.63, 3.8) is 0 Å². The molecule has 33 heavy (non-hydrogen) atoms. The molecule has 5 heterocycles. The van der Waals surface area contributed by atoms with Crippen LogP contribution in [-0.2, 0) is 0 Å². The first kappa shape index (κ1) is 20.0. The second-order valence-electron chi connectivity index (χ2n) is 9.09. The van der Waals surface area contributed by atoms with Crippen molar-refractivity contribution >= 4 is 28.5 Å². The van der Waals surface area contributed by atoms with Crippen LogP contribution in [0.5, 0.6) is 0 Å². The van der Waals surface area contributed by atoms with Gasteiger partial charge in [0.25, 0.3) is 0 Å². The fourth-order valence-corrected chi connectivity index (χ4v) is 4.15. The van der Waals surface area contributed by atoms with E-state index in [1.54, 1.807) is 12.4 Å². The SMILES string of the molecule is CC1(Nc2nc(Nc3cnn(C4CCNCC4)c3)nc3ccc(-c4cncnc4)nc23)CC1. The Kier molecular flexibility index (Phi) is 4.87. The average Bonchev–Trinajstić information content (AvgIpc) is 3.39. The largest absolute Gasteiger partial charge is 0.363 e. The topological polar surface area (TPSA) is 118 Å². The van der Waals surface area contributed by atoms with E-state index in [1.807, 2.05) is 29.2 Å². The van der Waals surface area contributed by atoms with Crippen LogP contribution in [0.2, 0.25) is 0 Å². The molecule has 0 bridgehead atoms. The minimum atomic E-state index is 0.0476. The van der Waals surface area contributed by atoms with Crippen molar-refractivity contribution < 1.29 is 0 Å². The van der Waals surface area contributed by atoms with Crippen molar-refractivity contribution in [2.24, 2.45) is 0 Å². The van der Waals surface area contributed by atoms with E-state index in [2.05, 4.69) is 37.9 Å². The molecule has 1 saturated heterocycles. The Morgan fingerprint density at radius 2 is 1.85 bits per heavy atom. The maximum atomic E-state index is 4.85. The van der Waals surface area contributed by atoms with Crippen molar-refractivity contribution in [3.8, 4) is 11.3 Å². The first-order chi connectivity index (χ1) is 16.2. The van der Waals surface area contributed by atoms with Gasteiger partial charge in [0.05, 0.1) is 29.1 Å². The van der Waals surface area contributed by atoms with Crippen LogP contribution in [0.4, 0.5) is 17.5 Å². The summed E-state index contributed by atoms with van der Waals surface area (Å²) in [6, 6.07) is 4.34. The number of aromatic nitrogens is 7. The molecule has 2 aliphatic rings. The molecule has 6 rings (SSSR count). The van der Waals surface area contributed by atoms with Gasteiger partial charge in [-0.1, -0.05) is 0 Å². The number of fused-ring (bicyclic) bond motifs is 1. The van der Waals surface area contributed by atoms with E-state index < -0.39 is 0 Å². The van der Waals surface area contributed by atoms with Gasteiger partial charge in [-0.05, 0) is 57.8 Å². The lowest BCUT2D eigenvalue weighted by Gasteiger charge is -2.22. The molecule has 3 N–H and O–H groups in total. The van der Waals surface area contributed by atoms with Gasteiger partial charge in [-0.25, -0.2) is 19.9 Å². The third kappa shape index (κ3) is 4.21. The first-order valence-electron chi connectivity index (χ1n) is 11.4. The van der Waals surface area contributed by atoms with Crippen LogP contribution < -0.4 is 16.0 Å². The molecule has 0 unspecified atom stereocenters.